The van der Waals surface area contributed by atoms with Crippen LogP contribution in [0.2, 0.25) is 0 Å². The SMILES string of the molecule is CCCNCc1ccc(N(C)CC(C)C)c(C(F)(F)F)c1. The van der Waals surface area contributed by atoms with E-state index in [-0.39, 0.29) is 5.69 Å². The average molecular weight is 302 g/mol. The highest BCUT2D eigenvalue weighted by Crippen LogP contribution is 2.37. The lowest BCUT2D eigenvalue weighted by atomic mass is 10.1. The van der Waals surface area contributed by atoms with Crippen molar-refractivity contribution in [2.45, 2.75) is 39.9 Å². The maximum Gasteiger partial charge on any atom is 0.418 e. The fourth-order valence-corrected chi connectivity index (χ4v) is 2.31. The van der Waals surface area contributed by atoms with Crippen molar-refractivity contribution in [2.75, 3.05) is 25.0 Å². The van der Waals surface area contributed by atoms with Crippen LogP contribution < -0.4 is 10.2 Å². The second kappa shape index (κ2) is 7.69. The Kier molecular flexibility index (Phi) is 6.52. The summed E-state index contributed by atoms with van der Waals surface area (Å²) < 4.78 is 39.8. The van der Waals surface area contributed by atoms with E-state index in [9.17, 15) is 13.2 Å². The molecule has 2 nitrogen and oxygen atoms in total. The number of hydrogen-bond donors (Lipinski definition) is 1. The Balaban J connectivity index is 3.02. The normalized spacial score (nSPS) is 12.0. The van der Waals surface area contributed by atoms with Gasteiger partial charge in [0.05, 0.1) is 5.56 Å². The predicted molar refractivity (Wildman–Crippen MR) is 81.5 cm³/mol. The topological polar surface area (TPSA) is 15.3 Å². The van der Waals surface area contributed by atoms with Crippen molar-refractivity contribution in [3.05, 3.63) is 29.3 Å². The van der Waals surface area contributed by atoms with E-state index in [0.717, 1.165) is 13.0 Å². The summed E-state index contributed by atoms with van der Waals surface area (Å²) in [7, 11) is 1.71. The third-order valence-corrected chi connectivity index (χ3v) is 3.17. The molecule has 0 aromatic heterocycles. The van der Waals surface area contributed by atoms with E-state index < -0.39 is 11.7 Å². The molecule has 0 unspecified atom stereocenters. The zero-order chi connectivity index (χ0) is 16.0. The van der Waals surface area contributed by atoms with Gasteiger partial charge in [0, 0.05) is 25.8 Å². The van der Waals surface area contributed by atoms with Gasteiger partial charge in [-0.2, -0.15) is 13.2 Å². The standard InChI is InChI=1S/C16H25F3N2/c1-5-8-20-10-13-6-7-15(21(4)11-12(2)3)14(9-13)16(17,18)19/h6-7,9,12,20H,5,8,10-11H2,1-4H3. The molecule has 0 saturated carbocycles. The van der Waals surface area contributed by atoms with Gasteiger partial charge in [0.25, 0.3) is 0 Å². The summed E-state index contributed by atoms with van der Waals surface area (Å²) in [6, 6.07) is 4.60. The molecule has 5 heteroatoms. The van der Waals surface area contributed by atoms with Gasteiger partial charge in [-0.1, -0.05) is 26.8 Å². The number of nitrogens with zero attached hydrogens (tertiary/aromatic N) is 1. The second-order valence-electron chi connectivity index (χ2n) is 5.80. The van der Waals surface area contributed by atoms with Crippen molar-refractivity contribution >= 4 is 5.69 Å². The lowest BCUT2D eigenvalue weighted by Gasteiger charge is -2.25. The molecule has 0 spiro atoms. The van der Waals surface area contributed by atoms with E-state index in [1.807, 2.05) is 20.8 Å². The first-order chi connectivity index (χ1) is 9.75. The fourth-order valence-electron chi connectivity index (χ4n) is 2.31. The smallest absolute Gasteiger partial charge is 0.374 e. The van der Waals surface area contributed by atoms with Gasteiger partial charge in [-0.25, -0.2) is 0 Å². The molecule has 0 radical (unpaired) electrons. The first kappa shape index (κ1) is 17.8. The highest BCUT2D eigenvalue weighted by atomic mass is 19.4. The van der Waals surface area contributed by atoms with Crippen LogP contribution in [0.1, 0.15) is 38.3 Å². The number of anilines is 1. The maximum absolute atomic E-state index is 13.3. The van der Waals surface area contributed by atoms with Crippen LogP contribution in [0.15, 0.2) is 18.2 Å². The molecule has 1 aromatic rings. The molecule has 0 fully saturated rings. The Morgan fingerprint density at radius 1 is 1.24 bits per heavy atom. The van der Waals surface area contributed by atoms with Crippen molar-refractivity contribution in [1.29, 1.82) is 0 Å². The monoisotopic (exact) mass is 302 g/mol. The minimum absolute atomic E-state index is 0.246. The molecule has 0 saturated heterocycles. The van der Waals surface area contributed by atoms with Crippen LogP contribution >= 0.6 is 0 Å². The third-order valence-electron chi connectivity index (χ3n) is 3.17. The predicted octanol–water partition coefficient (Wildman–Crippen LogP) is 4.30. The number of hydrogen-bond acceptors (Lipinski definition) is 2. The number of rotatable bonds is 7. The van der Waals surface area contributed by atoms with Crippen molar-refractivity contribution in [3.8, 4) is 0 Å². The van der Waals surface area contributed by atoms with Crippen LogP contribution in [0.5, 0.6) is 0 Å². The summed E-state index contributed by atoms with van der Waals surface area (Å²) in [5.74, 6) is 0.307. The quantitative estimate of drug-likeness (QED) is 0.756. The molecule has 0 aliphatic carbocycles. The van der Waals surface area contributed by atoms with Gasteiger partial charge < -0.3 is 10.2 Å². The summed E-state index contributed by atoms with van der Waals surface area (Å²) in [5, 5.41) is 3.13. The van der Waals surface area contributed by atoms with Crippen LogP contribution in [-0.2, 0) is 12.7 Å². The largest absolute Gasteiger partial charge is 0.418 e. The molecular weight excluding hydrogens is 277 g/mol. The van der Waals surface area contributed by atoms with Crippen molar-refractivity contribution < 1.29 is 13.2 Å². The number of nitrogens with one attached hydrogen (secondary N) is 1. The van der Waals surface area contributed by atoms with Crippen LogP contribution in [0.3, 0.4) is 0 Å². The van der Waals surface area contributed by atoms with E-state index in [4.69, 9.17) is 0 Å². The maximum atomic E-state index is 13.3. The Morgan fingerprint density at radius 3 is 2.43 bits per heavy atom. The van der Waals surface area contributed by atoms with Crippen molar-refractivity contribution in [1.82, 2.24) is 5.32 Å². The Labute approximate surface area is 125 Å². The van der Waals surface area contributed by atoms with Crippen LogP contribution in [0.25, 0.3) is 0 Å². The molecule has 0 heterocycles. The van der Waals surface area contributed by atoms with E-state index in [2.05, 4.69) is 5.32 Å². The van der Waals surface area contributed by atoms with Gasteiger partial charge in [-0.05, 0) is 36.6 Å². The highest BCUT2D eigenvalue weighted by Gasteiger charge is 2.34. The van der Waals surface area contributed by atoms with E-state index in [1.54, 1.807) is 24.1 Å². The molecule has 1 rings (SSSR count). The van der Waals surface area contributed by atoms with E-state index >= 15 is 0 Å². The summed E-state index contributed by atoms with van der Waals surface area (Å²) in [6.45, 7) is 7.87. The van der Waals surface area contributed by atoms with Gasteiger partial charge in [-0.15, -0.1) is 0 Å². The lowest BCUT2D eigenvalue weighted by Crippen LogP contribution is -2.25. The number of alkyl halides is 3. The molecule has 0 aliphatic heterocycles. The molecule has 0 amide bonds. The molecule has 1 aromatic carbocycles. The summed E-state index contributed by atoms with van der Waals surface area (Å²) in [5.41, 5.74) is 0.356. The first-order valence-electron chi connectivity index (χ1n) is 7.37. The van der Waals surface area contributed by atoms with Gasteiger partial charge in [0.1, 0.15) is 0 Å². The lowest BCUT2D eigenvalue weighted by molar-refractivity contribution is -0.137. The molecule has 0 aliphatic rings. The van der Waals surface area contributed by atoms with Gasteiger partial charge in [0.15, 0.2) is 0 Å². The molecule has 0 bridgehead atoms. The highest BCUT2D eigenvalue weighted by molar-refractivity contribution is 5.56. The second-order valence-corrected chi connectivity index (χ2v) is 5.80. The molecule has 1 N–H and O–H groups in total. The van der Waals surface area contributed by atoms with Crippen molar-refractivity contribution in [2.24, 2.45) is 5.92 Å². The van der Waals surface area contributed by atoms with E-state index in [0.29, 0.717) is 24.6 Å². The summed E-state index contributed by atoms with van der Waals surface area (Å²) >= 11 is 0. The zero-order valence-corrected chi connectivity index (χ0v) is 13.2. The number of halogens is 3. The average Bonchev–Trinajstić information content (AvgIpc) is 2.37. The van der Waals surface area contributed by atoms with Gasteiger partial charge in [0.2, 0.25) is 0 Å². The third kappa shape index (κ3) is 5.58. The Bertz CT molecular complexity index is 442. The molecule has 120 valence electrons. The molecule has 0 atom stereocenters. The van der Waals surface area contributed by atoms with Gasteiger partial charge >= 0.3 is 6.18 Å². The van der Waals surface area contributed by atoms with Gasteiger partial charge in [-0.3, -0.25) is 0 Å². The molecular formula is C16H25F3N2. The fraction of sp³-hybridized carbons (Fsp3) is 0.625. The zero-order valence-electron chi connectivity index (χ0n) is 13.2. The van der Waals surface area contributed by atoms with E-state index in [1.165, 1.54) is 6.07 Å². The summed E-state index contributed by atoms with van der Waals surface area (Å²) in [4.78, 5) is 1.68. The first-order valence-corrected chi connectivity index (χ1v) is 7.37. The molecule has 21 heavy (non-hydrogen) atoms. The van der Waals surface area contributed by atoms with Crippen LogP contribution in [0.4, 0.5) is 18.9 Å². The van der Waals surface area contributed by atoms with Crippen molar-refractivity contribution in [3.63, 3.8) is 0 Å². The minimum Gasteiger partial charge on any atom is -0.374 e. The number of benzene rings is 1. The summed E-state index contributed by atoms with van der Waals surface area (Å²) in [6.07, 6.45) is -3.37. The van der Waals surface area contributed by atoms with Crippen LogP contribution in [-0.4, -0.2) is 20.1 Å². The Hall–Kier alpha value is -1.23. The minimum atomic E-state index is -4.33. The Morgan fingerprint density at radius 2 is 1.90 bits per heavy atom. The van der Waals surface area contributed by atoms with Crippen LogP contribution in [0, 0.1) is 5.92 Å².